The van der Waals surface area contributed by atoms with Gasteiger partial charge in [0.2, 0.25) is 15.9 Å². The van der Waals surface area contributed by atoms with Crippen LogP contribution in [0.2, 0.25) is 0 Å². The molecule has 2 N–H and O–H groups in total. The minimum Gasteiger partial charge on any atom is -0.373 e. The van der Waals surface area contributed by atoms with E-state index in [1.54, 1.807) is 12.1 Å². The SMILES string of the molecule is CS(=O)(=O)Nc1cccc(CN2CN(c3ccccc3)C3(CCN(CCCN4c5ccccc5CC4O)CC3)C2=O)c1. The van der Waals surface area contributed by atoms with E-state index in [0.29, 0.717) is 25.3 Å². The predicted octanol–water partition coefficient (Wildman–Crippen LogP) is 3.47. The lowest BCUT2D eigenvalue weighted by molar-refractivity contribution is -0.134. The molecule has 222 valence electrons. The number of carbonyl (C=O) groups is 1. The van der Waals surface area contributed by atoms with Crippen LogP contribution in [0.25, 0.3) is 0 Å². The maximum Gasteiger partial charge on any atom is 0.250 e. The van der Waals surface area contributed by atoms with E-state index in [9.17, 15) is 18.3 Å². The van der Waals surface area contributed by atoms with Crippen molar-refractivity contribution in [3.8, 4) is 0 Å². The van der Waals surface area contributed by atoms with Gasteiger partial charge in [0.15, 0.2) is 0 Å². The number of carbonyl (C=O) groups excluding carboxylic acids is 1. The molecular weight excluding hydrogens is 550 g/mol. The molecule has 6 rings (SSSR count). The number of aliphatic hydroxyl groups excluding tert-OH is 1. The summed E-state index contributed by atoms with van der Waals surface area (Å²) in [4.78, 5) is 22.9. The molecule has 0 bridgehead atoms. The number of piperidine rings is 1. The number of anilines is 3. The van der Waals surface area contributed by atoms with Gasteiger partial charge in [0.25, 0.3) is 0 Å². The first kappa shape index (κ1) is 28.5. The Hall–Kier alpha value is -3.60. The van der Waals surface area contributed by atoms with Crippen molar-refractivity contribution >= 4 is 33.0 Å². The molecular formula is C32H39N5O4S. The number of fused-ring (bicyclic) bond motifs is 1. The number of likely N-dealkylation sites (tertiary alicyclic amines) is 1. The van der Waals surface area contributed by atoms with Gasteiger partial charge in [0.05, 0.1) is 12.9 Å². The Morgan fingerprint density at radius 2 is 1.69 bits per heavy atom. The maximum atomic E-state index is 14.2. The molecule has 2 saturated heterocycles. The van der Waals surface area contributed by atoms with Crippen LogP contribution in [0.4, 0.5) is 17.1 Å². The molecule has 0 aromatic heterocycles. The van der Waals surface area contributed by atoms with E-state index in [4.69, 9.17) is 0 Å². The van der Waals surface area contributed by atoms with Gasteiger partial charge in [0.1, 0.15) is 11.8 Å². The van der Waals surface area contributed by atoms with Crippen molar-refractivity contribution in [2.24, 2.45) is 0 Å². The molecule has 1 atom stereocenters. The van der Waals surface area contributed by atoms with Gasteiger partial charge >= 0.3 is 0 Å². The number of amides is 1. The summed E-state index contributed by atoms with van der Waals surface area (Å²) in [6.07, 6.45) is 3.76. The van der Waals surface area contributed by atoms with Gasteiger partial charge in [-0.25, -0.2) is 8.42 Å². The lowest BCUT2D eigenvalue weighted by atomic mass is 9.85. The second-order valence-electron chi connectivity index (χ2n) is 11.7. The maximum absolute atomic E-state index is 14.2. The van der Waals surface area contributed by atoms with Crippen LogP contribution in [0.3, 0.4) is 0 Å². The first-order chi connectivity index (χ1) is 20.2. The van der Waals surface area contributed by atoms with Crippen LogP contribution >= 0.6 is 0 Å². The molecule has 1 spiro atoms. The zero-order valence-corrected chi connectivity index (χ0v) is 24.8. The van der Waals surface area contributed by atoms with Crippen LogP contribution in [0.15, 0.2) is 78.9 Å². The molecule has 2 fully saturated rings. The van der Waals surface area contributed by atoms with E-state index < -0.39 is 21.8 Å². The Morgan fingerprint density at radius 3 is 2.45 bits per heavy atom. The number of aliphatic hydroxyl groups is 1. The molecule has 1 unspecified atom stereocenters. The van der Waals surface area contributed by atoms with E-state index in [1.807, 2.05) is 47.4 Å². The lowest BCUT2D eigenvalue weighted by Crippen LogP contribution is -2.56. The largest absolute Gasteiger partial charge is 0.373 e. The van der Waals surface area contributed by atoms with Crippen molar-refractivity contribution in [3.05, 3.63) is 90.0 Å². The number of para-hydroxylation sites is 2. The molecule has 1 amide bonds. The van der Waals surface area contributed by atoms with Crippen molar-refractivity contribution in [2.45, 2.75) is 44.0 Å². The highest BCUT2D eigenvalue weighted by Gasteiger charge is 2.53. The predicted molar refractivity (Wildman–Crippen MR) is 166 cm³/mol. The van der Waals surface area contributed by atoms with Crippen LogP contribution < -0.4 is 14.5 Å². The van der Waals surface area contributed by atoms with Gasteiger partial charge < -0.3 is 24.7 Å². The highest BCUT2D eigenvalue weighted by atomic mass is 32.2. The molecule has 3 aliphatic heterocycles. The summed E-state index contributed by atoms with van der Waals surface area (Å²) in [6, 6.07) is 25.6. The molecule has 0 radical (unpaired) electrons. The molecule has 3 aliphatic rings. The van der Waals surface area contributed by atoms with E-state index >= 15 is 0 Å². The lowest BCUT2D eigenvalue weighted by Gasteiger charge is -2.43. The summed E-state index contributed by atoms with van der Waals surface area (Å²) >= 11 is 0. The summed E-state index contributed by atoms with van der Waals surface area (Å²) in [6.45, 7) is 4.28. The van der Waals surface area contributed by atoms with E-state index in [-0.39, 0.29) is 5.91 Å². The smallest absolute Gasteiger partial charge is 0.250 e. The third-order valence-corrected chi connectivity index (χ3v) is 9.41. The van der Waals surface area contributed by atoms with Gasteiger partial charge in [-0.3, -0.25) is 9.52 Å². The molecule has 3 heterocycles. The van der Waals surface area contributed by atoms with Crippen LogP contribution in [0.1, 0.15) is 30.4 Å². The third-order valence-electron chi connectivity index (χ3n) is 8.81. The Morgan fingerprint density at radius 1 is 0.952 bits per heavy atom. The fourth-order valence-corrected chi connectivity index (χ4v) is 7.36. The van der Waals surface area contributed by atoms with E-state index in [1.165, 1.54) is 5.56 Å². The number of nitrogens with zero attached hydrogens (tertiary/aromatic N) is 4. The van der Waals surface area contributed by atoms with Crippen LogP contribution in [0.5, 0.6) is 0 Å². The number of hydrogen-bond donors (Lipinski definition) is 2. The van der Waals surface area contributed by atoms with E-state index in [2.05, 4.69) is 43.7 Å². The Bertz CT molecular complexity index is 1520. The molecule has 0 saturated carbocycles. The van der Waals surface area contributed by atoms with Gasteiger partial charge in [-0.1, -0.05) is 48.5 Å². The molecule has 10 heteroatoms. The van der Waals surface area contributed by atoms with Crippen molar-refractivity contribution in [1.29, 1.82) is 0 Å². The normalized spacial score (nSPS) is 20.4. The quantitative estimate of drug-likeness (QED) is 0.395. The number of rotatable bonds is 9. The monoisotopic (exact) mass is 589 g/mol. The van der Waals surface area contributed by atoms with Gasteiger partial charge in [-0.05, 0) is 67.3 Å². The summed E-state index contributed by atoms with van der Waals surface area (Å²) < 4.78 is 26.0. The summed E-state index contributed by atoms with van der Waals surface area (Å²) in [7, 11) is -3.39. The molecule has 42 heavy (non-hydrogen) atoms. The van der Waals surface area contributed by atoms with Crippen LogP contribution in [-0.2, 0) is 27.8 Å². The first-order valence-electron chi connectivity index (χ1n) is 14.7. The number of nitrogens with one attached hydrogen (secondary N) is 1. The summed E-state index contributed by atoms with van der Waals surface area (Å²) in [5.41, 5.74) is 4.14. The average Bonchev–Trinajstić information content (AvgIpc) is 3.42. The Balaban J connectivity index is 1.12. The Kier molecular flexibility index (Phi) is 7.87. The van der Waals surface area contributed by atoms with Crippen LogP contribution in [-0.4, -0.2) is 80.1 Å². The number of benzene rings is 3. The zero-order chi connectivity index (χ0) is 29.3. The van der Waals surface area contributed by atoms with Gasteiger partial charge in [0, 0.05) is 49.7 Å². The molecule has 9 nitrogen and oxygen atoms in total. The minimum atomic E-state index is -3.39. The van der Waals surface area contributed by atoms with Crippen molar-refractivity contribution < 1.29 is 18.3 Å². The van der Waals surface area contributed by atoms with E-state index in [0.717, 1.165) is 68.6 Å². The van der Waals surface area contributed by atoms with Gasteiger partial charge in [-0.15, -0.1) is 0 Å². The van der Waals surface area contributed by atoms with Crippen molar-refractivity contribution in [2.75, 3.05) is 53.6 Å². The van der Waals surface area contributed by atoms with Crippen LogP contribution in [0, 0.1) is 0 Å². The number of sulfonamides is 1. The highest BCUT2D eigenvalue weighted by Crippen LogP contribution is 2.40. The molecule has 3 aromatic carbocycles. The second kappa shape index (κ2) is 11.6. The standard InChI is InChI=1S/C32H39N5O4S/c1-42(40,41)33-27-11-7-9-25(21-27)23-35-24-37(28-12-3-2-4-13-28)32(31(35)39)15-19-34(20-16-32)17-8-18-36-29-14-6-5-10-26(29)22-30(36)38/h2-7,9-14,21,30,33,38H,8,15-20,22-24H2,1H3. The third kappa shape index (κ3) is 5.84. The Labute approximate surface area is 248 Å². The zero-order valence-electron chi connectivity index (χ0n) is 24.0. The summed E-state index contributed by atoms with van der Waals surface area (Å²) in [5, 5.41) is 10.6. The average molecular weight is 590 g/mol. The fraction of sp³-hybridized carbons (Fsp3) is 0.406. The number of hydrogen-bond acceptors (Lipinski definition) is 7. The fourth-order valence-electron chi connectivity index (χ4n) is 6.80. The van der Waals surface area contributed by atoms with Gasteiger partial charge in [-0.2, -0.15) is 0 Å². The molecule has 3 aromatic rings. The second-order valence-corrected chi connectivity index (χ2v) is 13.5. The minimum absolute atomic E-state index is 0.129. The molecule has 0 aliphatic carbocycles. The van der Waals surface area contributed by atoms with Crippen molar-refractivity contribution in [3.63, 3.8) is 0 Å². The van der Waals surface area contributed by atoms with Crippen molar-refractivity contribution in [1.82, 2.24) is 9.80 Å². The first-order valence-corrected chi connectivity index (χ1v) is 16.5. The highest BCUT2D eigenvalue weighted by molar-refractivity contribution is 7.92. The topological polar surface area (TPSA) is 96.4 Å². The summed E-state index contributed by atoms with van der Waals surface area (Å²) in [5.74, 6) is 0.129.